The van der Waals surface area contributed by atoms with Crippen molar-refractivity contribution >= 4 is 11.8 Å². The van der Waals surface area contributed by atoms with Gasteiger partial charge < -0.3 is 20.1 Å². The van der Waals surface area contributed by atoms with Crippen molar-refractivity contribution in [1.29, 1.82) is 0 Å². The van der Waals surface area contributed by atoms with Crippen molar-refractivity contribution in [3.05, 3.63) is 29.3 Å². The van der Waals surface area contributed by atoms with Crippen molar-refractivity contribution in [3.8, 4) is 5.75 Å². The fourth-order valence-electron chi connectivity index (χ4n) is 2.12. The van der Waals surface area contributed by atoms with Crippen molar-refractivity contribution in [2.45, 2.75) is 26.7 Å². The molecule has 0 fully saturated rings. The molecule has 1 aromatic carbocycles. The highest BCUT2D eigenvalue weighted by Crippen LogP contribution is 2.23. The second kappa shape index (κ2) is 9.84. The lowest BCUT2D eigenvalue weighted by atomic mass is 9.98. The molecule has 0 unspecified atom stereocenters. The van der Waals surface area contributed by atoms with Gasteiger partial charge in [-0.3, -0.25) is 9.59 Å². The summed E-state index contributed by atoms with van der Waals surface area (Å²) in [6.45, 7) is 6.95. The lowest BCUT2D eigenvalue weighted by Crippen LogP contribution is -2.39. The maximum Gasteiger partial charge on any atom is 0.258 e. The van der Waals surface area contributed by atoms with Crippen molar-refractivity contribution in [1.82, 2.24) is 10.6 Å². The first kappa shape index (κ1) is 19.0. The van der Waals surface area contributed by atoms with Crippen LogP contribution in [0.5, 0.6) is 5.75 Å². The second-order valence-electron chi connectivity index (χ2n) is 5.58. The Balaban J connectivity index is 2.33. The van der Waals surface area contributed by atoms with Crippen LogP contribution in [-0.2, 0) is 14.3 Å². The maximum atomic E-state index is 11.7. The standard InChI is InChI=1S/C17H26N2O4/c1-12(2)15-6-5-14(9-13(15)3)23-11-17(21)19-10-16(20)18-7-8-22-4/h5-6,9,12H,7-8,10-11H2,1-4H3,(H,18,20)(H,19,21). The van der Waals surface area contributed by atoms with Crippen LogP contribution in [0.1, 0.15) is 30.9 Å². The number of methoxy groups -OCH3 is 1. The number of carbonyl (C=O) groups is 2. The zero-order valence-electron chi connectivity index (χ0n) is 14.3. The van der Waals surface area contributed by atoms with E-state index in [4.69, 9.17) is 9.47 Å². The van der Waals surface area contributed by atoms with Gasteiger partial charge in [0, 0.05) is 13.7 Å². The zero-order valence-corrected chi connectivity index (χ0v) is 14.3. The van der Waals surface area contributed by atoms with Gasteiger partial charge in [-0.2, -0.15) is 0 Å². The van der Waals surface area contributed by atoms with E-state index in [-0.39, 0.29) is 25.0 Å². The van der Waals surface area contributed by atoms with Gasteiger partial charge in [-0.1, -0.05) is 19.9 Å². The van der Waals surface area contributed by atoms with Gasteiger partial charge in [0.15, 0.2) is 6.61 Å². The molecule has 2 N–H and O–H groups in total. The number of nitrogens with one attached hydrogen (secondary N) is 2. The maximum absolute atomic E-state index is 11.7. The summed E-state index contributed by atoms with van der Waals surface area (Å²) in [4.78, 5) is 23.1. The summed E-state index contributed by atoms with van der Waals surface area (Å²) in [7, 11) is 1.56. The Hall–Kier alpha value is -2.08. The molecule has 2 amide bonds. The van der Waals surface area contributed by atoms with Crippen molar-refractivity contribution in [3.63, 3.8) is 0 Å². The SMILES string of the molecule is COCCNC(=O)CNC(=O)COc1ccc(C(C)C)c(C)c1. The largest absolute Gasteiger partial charge is 0.484 e. The molecule has 0 bridgehead atoms. The first-order valence-corrected chi connectivity index (χ1v) is 7.69. The third-order valence-electron chi connectivity index (χ3n) is 3.31. The Kier molecular flexibility index (Phi) is 8.11. The summed E-state index contributed by atoms with van der Waals surface area (Å²) in [6, 6.07) is 5.78. The Bertz CT molecular complexity index is 529. The normalized spacial score (nSPS) is 10.5. The van der Waals surface area contributed by atoms with E-state index in [2.05, 4.69) is 24.5 Å². The number of rotatable bonds is 9. The fraction of sp³-hybridized carbons (Fsp3) is 0.529. The van der Waals surface area contributed by atoms with E-state index in [1.165, 1.54) is 5.56 Å². The molecule has 0 aliphatic carbocycles. The predicted octanol–water partition coefficient (Wildman–Crippen LogP) is 1.38. The minimum absolute atomic E-state index is 0.0722. The monoisotopic (exact) mass is 322 g/mol. The van der Waals surface area contributed by atoms with Gasteiger partial charge in [-0.05, 0) is 36.1 Å². The molecule has 0 radical (unpaired) electrons. The first-order valence-electron chi connectivity index (χ1n) is 7.69. The summed E-state index contributed by atoms with van der Waals surface area (Å²) in [5.41, 5.74) is 2.39. The molecule has 0 saturated carbocycles. The number of hydrogen-bond acceptors (Lipinski definition) is 4. The third kappa shape index (κ3) is 7.15. The first-order chi connectivity index (χ1) is 10.9. The van der Waals surface area contributed by atoms with Crippen LogP contribution in [0, 0.1) is 6.92 Å². The van der Waals surface area contributed by atoms with E-state index < -0.39 is 0 Å². The summed E-state index contributed by atoms with van der Waals surface area (Å²) in [5, 5.41) is 5.12. The number of hydrogen-bond donors (Lipinski definition) is 2. The summed E-state index contributed by atoms with van der Waals surface area (Å²) in [6.07, 6.45) is 0. The lowest BCUT2D eigenvalue weighted by molar-refractivity contribution is -0.127. The van der Waals surface area contributed by atoms with Crippen LogP contribution < -0.4 is 15.4 Å². The number of aryl methyl sites for hydroxylation is 1. The Morgan fingerprint density at radius 1 is 1.17 bits per heavy atom. The molecule has 0 aromatic heterocycles. The van der Waals surface area contributed by atoms with Gasteiger partial charge in [0.2, 0.25) is 5.91 Å². The van der Waals surface area contributed by atoms with Crippen LogP contribution in [0.15, 0.2) is 18.2 Å². The molecule has 23 heavy (non-hydrogen) atoms. The van der Waals surface area contributed by atoms with Crippen LogP contribution in [-0.4, -0.2) is 45.2 Å². The molecule has 0 saturated heterocycles. The quantitative estimate of drug-likeness (QED) is 0.673. The van der Waals surface area contributed by atoms with Crippen molar-refractivity contribution < 1.29 is 19.1 Å². The molecule has 1 rings (SSSR count). The minimum Gasteiger partial charge on any atom is -0.484 e. The minimum atomic E-state index is -0.336. The van der Waals surface area contributed by atoms with E-state index in [0.717, 1.165) is 5.56 Å². The molecule has 0 atom stereocenters. The van der Waals surface area contributed by atoms with Crippen LogP contribution in [0.4, 0.5) is 0 Å². The van der Waals surface area contributed by atoms with E-state index >= 15 is 0 Å². The summed E-state index contributed by atoms with van der Waals surface area (Å²) >= 11 is 0. The van der Waals surface area contributed by atoms with E-state index in [1.807, 2.05) is 25.1 Å². The van der Waals surface area contributed by atoms with Crippen LogP contribution >= 0.6 is 0 Å². The summed E-state index contributed by atoms with van der Waals surface area (Å²) in [5.74, 6) is 0.501. The Labute approximate surface area is 137 Å². The Morgan fingerprint density at radius 3 is 2.52 bits per heavy atom. The van der Waals surface area contributed by atoms with Crippen LogP contribution in [0.2, 0.25) is 0 Å². The molecule has 0 heterocycles. The molecule has 1 aromatic rings. The zero-order chi connectivity index (χ0) is 17.2. The van der Waals surface area contributed by atoms with Gasteiger partial charge in [-0.25, -0.2) is 0 Å². The molecule has 0 aliphatic rings. The smallest absolute Gasteiger partial charge is 0.258 e. The molecule has 0 spiro atoms. The number of ether oxygens (including phenoxy) is 2. The highest BCUT2D eigenvalue weighted by atomic mass is 16.5. The predicted molar refractivity (Wildman–Crippen MR) is 88.7 cm³/mol. The second-order valence-corrected chi connectivity index (χ2v) is 5.58. The highest BCUT2D eigenvalue weighted by molar-refractivity contribution is 5.85. The molecule has 128 valence electrons. The van der Waals surface area contributed by atoms with Crippen LogP contribution in [0.25, 0.3) is 0 Å². The average molecular weight is 322 g/mol. The third-order valence-corrected chi connectivity index (χ3v) is 3.31. The molecular formula is C17H26N2O4. The molecular weight excluding hydrogens is 296 g/mol. The molecule has 0 aliphatic heterocycles. The lowest BCUT2D eigenvalue weighted by Gasteiger charge is -2.12. The fourth-order valence-corrected chi connectivity index (χ4v) is 2.12. The topological polar surface area (TPSA) is 76.7 Å². The highest BCUT2D eigenvalue weighted by Gasteiger charge is 2.08. The average Bonchev–Trinajstić information content (AvgIpc) is 2.51. The molecule has 6 nitrogen and oxygen atoms in total. The number of amides is 2. The van der Waals surface area contributed by atoms with E-state index in [0.29, 0.717) is 24.8 Å². The van der Waals surface area contributed by atoms with Gasteiger partial charge in [0.1, 0.15) is 5.75 Å². The van der Waals surface area contributed by atoms with Crippen LogP contribution in [0.3, 0.4) is 0 Å². The van der Waals surface area contributed by atoms with E-state index in [9.17, 15) is 9.59 Å². The van der Waals surface area contributed by atoms with Crippen molar-refractivity contribution in [2.75, 3.05) is 33.4 Å². The van der Waals surface area contributed by atoms with E-state index in [1.54, 1.807) is 7.11 Å². The van der Waals surface area contributed by atoms with Gasteiger partial charge >= 0.3 is 0 Å². The Morgan fingerprint density at radius 2 is 1.91 bits per heavy atom. The number of benzene rings is 1. The number of carbonyl (C=O) groups excluding carboxylic acids is 2. The van der Waals surface area contributed by atoms with Gasteiger partial charge in [0.25, 0.3) is 5.91 Å². The van der Waals surface area contributed by atoms with Gasteiger partial charge in [-0.15, -0.1) is 0 Å². The van der Waals surface area contributed by atoms with Crippen molar-refractivity contribution in [2.24, 2.45) is 0 Å². The molecule has 6 heteroatoms. The van der Waals surface area contributed by atoms with Gasteiger partial charge in [0.05, 0.1) is 13.2 Å². The summed E-state index contributed by atoms with van der Waals surface area (Å²) < 4.78 is 10.3.